The molecule has 3 aromatic rings. The topological polar surface area (TPSA) is 50.7 Å². The Morgan fingerprint density at radius 1 is 1.12 bits per heavy atom. The Balaban J connectivity index is 1.66. The van der Waals surface area contributed by atoms with E-state index in [9.17, 15) is 4.79 Å². The molecule has 0 saturated carbocycles. The third kappa shape index (κ3) is 4.55. The van der Waals surface area contributed by atoms with Gasteiger partial charge >= 0.3 is 0 Å². The van der Waals surface area contributed by atoms with Gasteiger partial charge in [0.2, 0.25) is 0 Å². The van der Waals surface area contributed by atoms with E-state index in [4.69, 9.17) is 4.74 Å². The standard InChI is InChI=1S/C20H18N2O2S/c1-15-11-12-25-19(15)13-21-22-20(23)17-9-5-6-10-18(17)24-14-16-7-3-2-4-8-16/h2-13H,14H2,1H3,(H,22,23). The summed E-state index contributed by atoms with van der Waals surface area (Å²) in [6, 6.07) is 19.0. The second-order valence-corrected chi connectivity index (χ2v) is 6.39. The van der Waals surface area contributed by atoms with Crippen LogP contribution in [0, 0.1) is 6.92 Å². The zero-order valence-corrected chi connectivity index (χ0v) is 14.6. The van der Waals surface area contributed by atoms with Crippen molar-refractivity contribution in [3.05, 3.63) is 87.6 Å². The summed E-state index contributed by atoms with van der Waals surface area (Å²) in [6.07, 6.45) is 1.66. The first-order valence-electron chi connectivity index (χ1n) is 7.87. The Labute approximate surface area is 150 Å². The average Bonchev–Trinajstić information content (AvgIpc) is 3.06. The minimum atomic E-state index is -0.297. The Hall–Kier alpha value is -2.92. The number of rotatable bonds is 6. The molecule has 0 fully saturated rings. The maximum absolute atomic E-state index is 12.4. The second kappa shape index (κ2) is 8.26. The third-order valence-electron chi connectivity index (χ3n) is 3.62. The van der Waals surface area contributed by atoms with Gasteiger partial charge in [-0.25, -0.2) is 5.43 Å². The molecule has 0 saturated heterocycles. The lowest BCUT2D eigenvalue weighted by atomic mass is 10.2. The predicted molar refractivity (Wildman–Crippen MR) is 101 cm³/mol. The molecular weight excluding hydrogens is 332 g/mol. The van der Waals surface area contributed by atoms with Crippen LogP contribution in [0.4, 0.5) is 0 Å². The van der Waals surface area contributed by atoms with Gasteiger partial charge < -0.3 is 4.74 Å². The number of para-hydroxylation sites is 1. The van der Waals surface area contributed by atoms with E-state index >= 15 is 0 Å². The van der Waals surface area contributed by atoms with Crippen LogP contribution in [0.1, 0.15) is 26.4 Å². The summed E-state index contributed by atoms with van der Waals surface area (Å²) in [7, 11) is 0. The molecule has 2 aromatic carbocycles. The Morgan fingerprint density at radius 2 is 1.88 bits per heavy atom. The fourth-order valence-corrected chi connectivity index (χ4v) is 3.03. The van der Waals surface area contributed by atoms with Crippen molar-refractivity contribution in [3.8, 4) is 5.75 Å². The number of hydrogen-bond acceptors (Lipinski definition) is 4. The molecule has 1 aromatic heterocycles. The number of aryl methyl sites for hydroxylation is 1. The van der Waals surface area contributed by atoms with E-state index in [2.05, 4.69) is 10.5 Å². The van der Waals surface area contributed by atoms with Crippen molar-refractivity contribution < 1.29 is 9.53 Å². The lowest BCUT2D eigenvalue weighted by molar-refractivity contribution is 0.0950. The predicted octanol–water partition coefficient (Wildman–Crippen LogP) is 4.40. The molecule has 0 spiro atoms. The number of carbonyl (C=O) groups is 1. The summed E-state index contributed by atoms with van der Waals surface area (Å²) >= 11 is 1.58. The molecule has 1 heterocycles. The molecule has 0 bridgehead atoms. The van der Waals surface area contributed by atoms with E-state index in [1.54, 1.807) is 35.8 Å². The van der Waals surface area contributed by atoms with Gasteiger partial charge in [0.1, 0.15) is 12.4 Å². The van der Waals surface area contributed by atoms with Gasteiger partial charge in [0.25, 0.3) is 5.91 Å². The van der Waals surface area contributed by atoms with E-state index in [-0.39, 0.29) is 5.91 Å². The first kappa shape index (κ1) is 16.9. The largest absolute Gasteiger partial charge is 0.488 e. The first-order valence-corrected chi connectivity index (χ1v) is 8.75. The van der Waals surface area contributed by atoms with E-state index in [0.717, 1.165) is 16.0 Å². The highest BCUT2D eigenvalue weighted by Gasteiger charge is 2.11. The molecule has 25 heavy (non-hydrogen) atoms. The van der Waals surface area contributed by atoms with Crippen LogP contribution < -0.4 is 10.2 Å². The number of hydrogen-bond donors (Lipinski definition) is 1. The van der Waals surface area contributed by atoms with Gasteiger partial charge in [0, 0.05) is 4.88 Å². The molecular formula is C20H18N2O2S. The summed E-state index contributed by atoms with van der Waals surface area (Å²) in [5.74, 6) is 0.237. The van der Waals surface area contributed by atoms with Gasteiger partial charge in [0.05, 0.1) is 11.8 Å². The van der Waals surface area contributed by atoms with Crippen molar-refractivity contribution in [1.82, 2.24) is 5.43 Å². The van der Waals surface area contributed by atoms with Crippen LogP contribution in [0.5, 0.6) is 5.75 Å². The molecule has 1 amide bonds. The highest BCUT2D eigenvalue weighted by molar-refractivity contribution is 7.11. The van der Waals surface area contributed by atoms with Crippen LogP contribution in [0.3, 0.4) is 0 Å². The minimum absolute atomic E-state index is 0.297. The van der Waals surface area contributed by atoms with Crippen LogP contribution in [-0.2, 0) is 6.61 Å². The van der Waals surface area contributed by atoms with Crippen LogP contribution in [0.15, 0.2) is 71.1 Å². The number of nitrogens with one attached hydrogen (secondary N) is 1. The maximum Gasteiger partial charge on any atom is 0.275 e. The normalized spacial score (nSPS) is 10.8. The summed E-state index contributed by atoms with van der Waals surface area (Å²) in [5.41, 5.74) is 5.20. The van der Waals surface area contributed by atoms with Crippen LogP contribution in [0.2, 0.25) is 0 Å². The van der Waals surface area contributed by atoms with E-state index in [1.165, 1.54) is 0 Å². The van der Waals surface area contributed by atoms with E-state index in [0.29, 0.717) is 17.9 Å². The smallest absolute Gasteiger partial charge is 0.275 e. The van der Waals surface area contributed by atoms with E-state index < -0.39 is 0 Å². The van der Waals surface area contributed by atoms with Gasteiger partial charge in [0.15, 0.2) is 0 Å². The summed E-state index contributed by atoms with van der Waals surface area (Å²) in [5, 5.41) is 6.03. The van der Waals surface area contributed by atoms with Crippen LogP contribution in [0.25, 0.3) is 0 Å². The van der Waals surface area contributed by atoms with Crippen molar-refractivity contribution in [2.75, 3.05) is 0 Å². The zero-order valence-electron chi connectivity index (χ0n) is 13.8. The SMILES string of the molecule is Cc1ccsc1C=NNC(=O)c1ccccc1OCc1ccccc1. The van der Waals surface area contributed by atoms with Gasteiger partial charge in [-0.05, 0) is 41.6 Å². The molecule has 126 valence electrons. The number of ether oxygens (including phenoxy) is 1. The molecule has 0 atom stereocenters. The van der Waals surface area contributed by atoms with Crippen molar-refractivity contribution in [2.24, 2.45) is 5.10 Å². The quantitative estimate of drug-likeness (QED) is 0.529. The number of benzene rings is 2. The summed E-state index contributed by atoms with van der Waals surface area (Å²) in [6.45, 7) is 2.41. The van der Waals surface area contributed by atoms with E-state index in [1.807, 2.05) is 54.8 Å². The Bertz CT molecular complexity index is 872. The number of nitrogens with zero attached hydrogens (tertiary/aromatic N) is 1. The number of carbonyl (C=O) groups excluding carboxylic acids is 1. The highest BCUT2D eigenvalue weighted by Crippen LogP contribution is 2.19. The highest BCUT2D eigenvalue weighted by atomic mass is 32.1. The molecule has 0 aliphatic carbocycles. The lowest BCUT2D eigenvalue weighted by Gasteiger charge is -2.10. The number of amides is 1. The molecule has 0 radical (unpaired) electrons. The zero-order chi connectivity index (χ0) is 17.5. The lowest BCUT2D eigenvalue weighted by Crippen LogP contribution is -2.18. The van der Waals surface area contributed by atoms with Crippen LogP contribution in [-0.4, -0.2) is 12.1 Å². The average molecular weight is 350 g/mol. The van der Waals surface area contributed by atoms with Gasteiger partial charge in [-0.15, -0.1) is 11.3 Å². The van der Waals surface area contributed by atoms with Crippen molar-refractivity contribution >= 4 is 23.5 Å². The van der Waals surface area contributed by atoms with Gasteiger partial charge in [-0.1, -0.05) is 42.5 Å². The maximum atomic E-state index is 12.4. The summed E-state index contributed by atoms with van der Waals surface area (Å²) in [4.78, 5) is 13.4. The third-order valence-corrected chi connectivity index (χ3v) is 4.57. The Morgan fingerprint density at radius 3 is 2.64 bits per heavy atom. The fraction of sp³-hybridized carbons (Fsp3) is 0.100. The fourth-order valence-electron chi connectivity index (χ4n) is 2.24. The van der Waals surface area contributed by atoms with Crippen molar-refractivity contribution in [3.63, 3.8) is 0 Å². The molecule has 0 aliphatic heterocycles. The molecule has 4 nitrogen and oxygen atoms in total. The minimum Gasteiger partial charge on any atom is -0.488 e. The number of thiophene rings is 1. The monoisotopic (exact) mass is 350 g/mol. The Kier molecular flexibility index (Phi) is 5.59. The summed E-state index contributed by atoms with van der Waals surface area (Å²) < 4.78 is 5.81. The van der Waals surface area contributed by atoms with Crippen molar-refractivity contribution in [1.29, 1.82) is 0 Å². The molecule has 3 rings (SSSR count). The molecule has 0 unspecified atom stereocenters. The van der Waals surface area contributed by atoms with Gasteiger partial charge in [-0.3, -0.25) is 4.79 Å². The molecule has 0 aliphatic rings. The number of hydrazone groups is 1. The first-order chi connectivity index (χ1) is 12.2. The molecule has 1 N–H and O–H groups in total. The van der Waals surface area contributed by atoms with Crippen molar-refractivity contribution in [2.45, 2.75) is 13.5 Å². The van der Waals surface area contributed by atoms with Crippen LogP contribution >= 0.6 is 11.3 Å². The van der Waals surface area contributed by atoms with Gasteiger partial charge in [-0.2, -0.15) is 5.10 Å². The second-order valence-electron chi connectivity index (χ2n) is 5.44. The molecule has 5 heteroatoms.